The molecule has 0 atom stereocenters. The molecule has 2 rings (SSSR count). The number of phenols is 2. The van der Waals surface area contributed by atoms with E-state index in [1.807, 2.05) is 27.7 Å². The maximum absolute atomic E-state index is 9.81. The van der Waals surface area contributed by atoms with Gasteiger partial charge in [0.25, 0.3) is 0 Å². The molecule has 2 nitrogen and oxygen atoms in total. The summed E-state index contributed by atoms with van der Waals surface area (Å²) < 4.78 is 2.72. The molecule has 19 heavy (non-hydrogen) atoms. The van der Waals surface area contributed by atoms with Crippen LogP contribution in [0.2, 0.25) is 0 Å². The van der Waals surface area contributed by atoms with Crippen molar-refractivity contribution in [2.24, 2.45) is 0 Å². The monoisotopic (exact) mass is 451 g/mol. The number of aromatic hydroxyl groups is 2. The van der Waals surface area contributed by atoms with Crippen LogP contribution < -0.4 is 6.54 Å². The summed E-state index contributed by atoms with van der Waals surface area (Å²) in [4.78, 5) is 0. The van der Waals surface area contributed by atoms with Gasteiger partial charge in [-0.3, -0.25) is 0 Å². The topological polar surface area (TPSA) is 40.5 Å². The van der Waals surface area contributed by atoms with Crippen LogP contribution in [0.1, 0.15) is 22.3 Å². The second-order valence-electron chi connectivity index (χ2n) is 4.97. The van der Waals surface area contributed by atoms with Crippen LogP contribution in [-0.2, 0) is 0 Å². The van der Waals surface area contributed by atoms with Crippen molar-refractivity contribution in [3.8, 4) is 11.5 Å². The average molecular weight is 451 g/mol. The third kappa shape index (κ3) is 3.09. The summed E-state index contributed by atoms with van der Waals surface area (Å²) >= 11 is -0.989. The Balaban J connectivity index is 2.36. The SMILES string of the molecule is Cc1c[c]([Bi][c]2cc(C)c(O)c(C)c2)cc(C)c1O. The van der Waals surface area contributed by atoms with Crippen LogP contribution >= 0.6 is 0 Å². The molecule has 0 saturated heterocycles. The van der Waals surface area contributed by atoms with Gasteiger partial charge in [0.1, 0.15) is 0 Å². The maximum atomic E-state index is 9.81. The summed E-state index contributed by atoms with van der Waals surface area (Å²) in [7, 11) is 0. The molecule has 0 aliphatic heterocycles. The summed E-state index contributed by atoms with van der Waals surface area (Å²) in [6, 6.07) is 8.38. The van der Waals surface area contributed by atoms with Crippen LogP contribution in [-0.4, -0.2) is 33.4 Å². The minimum atomic E-state index is -0.989. The van der Waals surface area contributed by atoms with E-state index < -0.39 is 23.2 Å². The Morgan fingerprint density at radius 1 is 0.632 bits per heavy atom. The van der Waals surface area contributed by atoms with E-state index in [9.17, 15) is 10.2 Å². The molecule has 0 bridgehead atoms. The fourth-order valence-electron chi connectivity index (χ4n) is 2.14. The summed E-state index contributed by atoms with van der Waals surface area (Å²) in [5.41, 5.74) is 3.80. The van der Waals surface area contributed by atoms with E-state index in [0.717, 1.165) is 22.3 Å². The molecule has 0 aliphatic rings. The Labute approximate surface area is 125 Å². The first-order chi connectivity index (χ1) is 8.88. The van der Waals surface area contributed by atoms with Crippen molar-refractivity contribution in [1.82, 2.24) is 0 Å². The van der Waals surface area contributed by atoms with Crippen molar-refractivity contribution in [2.45, 2.75) is 27.7 Å². The quantitative estimate of drug-likeness (QED) is 0.686. The Kier molecular flexibility index (Phi) is 4.15. The van der Waals surface area contributed by atoms with Gasteiger partial charge >= 0.3 is 126 Å². The van der Waals surface area contributed by atoms with Crippen LogP contribution in [0.4, 0.5) is 0 Å². The molecular formula is C16H18BiO2. The molecule has 3 heteroatoms. The van der Waals surface area contributed by atoms with Crippen molar-refractivity contribution in [1.29, 1.82) is 0 Å². The second kappa shape index (κ2) is 5.50. The summed E-state index contributed by atoms with van der Waals surface area (Å²) in [5, 5.41) is 19.6. The molecule has 0 fully saturated rings. The first-order valence-electron chi connectivity index (χ1n) is 6.20. The van der Waals surface area contributed by atoms with Gasteiger partial charge in [-0.25, -0.2) is 0 Å². The molecule has 0 unspecified atom stereocenters. The Morgan fingerprint density at radius 3 is 1.16 bits per heavy atom. The standard InChI is InChI=1S/2C8H9O.Bi/c2*1-6-4-3-5-7(2)8(6)9;/h2*4-5,9H,1-2H3;. The zero-order valence-corrected chi connectivity index (χ0v) is 15.1. The summed E-state index contributed by atoms with van der Waals surface area (Å²) in [6.45, 7) is 7.78. The van der Waals surface area contributed by atoms with Crippen LogP contribution in [0, 0.1) is 27.7 Å². The number of benzene rings is 2. The molecule has 99 valence electrons. The van der Waals surface area contributed by atoms with Crippen molar-refractivity contribution in [3.63, 3.8) is 0 Å². The first kappa shape index (κ1) is 14.3. The molecular weight excluding hydrogens is 433 g/mol. The van der Waals surface area contributed by atoms with Crippen LogP contribution in [0.5, 0.6) is 11.5 Å². The number of aryl methyl sites for hydroxylation is 4. The van der Waals surface area contributed by atoms with Crippen molar-refractivity contribution >= 4 is 29.8 Å². The molecule has 0 aliphatic carbocycles. The zero-order valence-electron chi connectivity index (χ0n) is 11.7. The molecule has 2 aromatic carbocycles. The predicted molar refractivity (Wildman–Crippen MR) is 80.2 cm³/mol. The van der Waals surface area contributed by atoms with E-state index in [1.54, 1.807) is 0 Å². The zero-order chi connectivity index (χ0) is 14.2. The molecule has 0 amide bonds. The van der Waals surface area contributed by atoms with E-state index >= 15 is 0 Å². The normalized spacial score (nSPS) is 10.7. The Hall–Kier alpha value is -1.08. The number of phenolic OH excluding ortho intramolecular Hbond substituents is 2. The molecule has 0 aromatic heterocycles. The second-order valence-corrected chi connectivity index (χ2v) is 9.85. The number of hydrogen-bond donors (Lipinski definition) is 2. The average Bonchev–Trinajstić information content (AvgIpc) is 2.33. The van der Waals surface area contributed by atoms with Gasteiger partial charge in [0.15, 0.2) is 0 Å². The van der Waals surface area contributed by atoms with Crippen LogP contribution in [0.25, 0.3) is 0 Å². The van der Waals surface area contributed by atoms with E-state index in [4.69, 9.17) is 0 Å². The van der Waals surface area contributed by atoms with E-state index in [1.165, 1.54) is 6.54 Å². The van der Waals surface area contributed by atoms with E-state index in [2.05, 4.69) is 24.3 Å². The van der Waals surface area contributed by atoms with Crippen molar-refractivity contribution in [3.05, 3.63) is 46.5 Å². The van der Waals surface area contributed by atoms with E-state index in [-0.39, 0.29) is 0 Å². The van der Waals surface area contributed by atoms with Gasteiger partial charge in [-0.1, -0.05) is 0 Å². The van der Waals surface area contributed by atoms with Gasteiger partial charge in [-0.15, -0.1) is 0 Å². The third-order valence-corrected chi connectivity index (χ3v) is 7.22. The summed E-state index contributed by atoms with van der Waals surface area (Å²) in [6.07, 6.45) is 0. The first-order valence-corrected chi connectivity index (χ1v) is 9.68. The minimum absolute atomic E-state index is 0.406. The molecule has 0 spiro atoms. The van der Waals surface area contributed by atoms with Gasteiger partial charge in [-0.2, -0.15) is 0 Å². The number of rotatable bonds is 2. The van der Waals surface area contributed by atoms with Crippen LogP contribution in [0.15, 0.2) is 24.3 Å². The van der Waals surface area contributed by atoms with Gasteiger partial charge < -0.3 is 0 Å². The van der Waals surface area contributed by atoms with Gasteiger partial charge in [0.2, 0.25) is 0 Å². The Morgan fingerprint density at radius 2 is 0.895 bits per heavy atom. The predicted octanol–water partition coefficient (Wildman–Crippen LogP) is 1.99. The van der Waals surface area contributed by atoms with Gasteiger partial charge in [0.05, 0.1) is 0 Å². The molecule has 0 saturated carbocycles. The number of hydrogen-bond acceptors (Lipinski definition) is 2. The summed E-state index contributed by atoms with van der Waals surface area (Å²) in [5.74, 6) is 0.811. The van der Waals surface area contributed by atoms with Gasteiger partial charge in [-0.05, 0) is 0 Å². The molecule has 2 aromatic rings. The Bertz CT molecular complexity index is 531. The van der Waals surface area contributed by atoms with Crippen LogP contribution in [0.3, 0.4) is 0 Å². The fourth-order valence-corrected chi connectivity index (χ4v) is 7.32. The third-order valence-electron chi connectivity index (χ3n) is 3.21. The van der Waals surface area contributed by atoms with Crippen molar-refractivity contribution < 1.29 is 10.2 Å². The van der Waals surface area contributed by atoms with Gasteiger partial charge in [0, 0.05) is 0 Å². The molecule has 1 radical (unpaired) electrons. The molecule has 2 N–H and O–H groups in total. The van der Waals surface area contributed by atoms with Crippen molar-refractivity contribution in [2.75, 3.05) is 0 Å². The van der Waals surface area contributed by atoms with E-state index in [0.29, 0.717) is 11.5 Å². The fraction of sp³-hybridized carbons (Fsp3) is 0.250. The molecule has 0 heterocycles.